The van der Waals surface area contributed by atoms with Gasteiger partial charge in [-0.3, -0.25) is 9.69 Å². The summed E-state index contributed by atoms with van der Waals surface area (Å²) in [6.07, 6.45) is 3.43. The van der Waals surface area contributed by atoms with Gasteiger partial charge in [-0.1, -0.05) is 36.4 Å². The van der Waals surface area contributed by atoms with Crippen LogP contribution in [0.1, 0.15) is 29.5 Å². The summed E-state index contributed by atoms with van der Waals surface area (Å²) in [5, 5.41) is 0. The van der Waals surface area contributed by atoms with E-state index in [-0.39, 0.29) is 17.6 Å². The molecule has 0 spiro atoms. The molecule has 2 aliphatic rings. The van der Waals surface area contributed by atoms with Gasteiger partial charge in [0.25, 0.3) is 5.91 Å². The molecular formula is C21H21F2N3O2. The lowest BCUT2D eigenvalue weighted by Crippen LogP contribution is -2.41. The van der Waals surface area contributed by atoms with Gasteiger partial charge in [-0.05, 0) is 54.0 Å². The summed E-state index contributed by atoms with van der Waals surface area (Å²) in [7, 11) is 1.57. The van der Waals surface area contributed by atoms with Gasteiger partial charge in [-0.25, -0.2) is 4.99 Å². The zero-order chi connectivity index (χ0) is 19.9. The number of hydrogen-bond donors (Lipinski definition) is 1. The Kier molecular flexibility index (Phi) is 4.53. The van der Waals surface area contributed by atoms with Crippen molar-refractivity contribution in [3.8, 4) is 5.75 Å². The zero-order valence-corrected chi connectivity index (χ0v) is 15.4. The smallest absolute Gasteiger partial charge is 0.387 e. The van der Waals surface area contributed by atoms with Crippen molar-refractivity contribution in [2.45, 2.75) is 31.4 Å². The number of carbonyl (C=O) groups is 1. The molecule has 0 bridgehead atoms. The normalized spacial score (nSPS) is 21.9. The molecule has 1 atom stereocenters. The number of nitrogens with zero attached hydrogens (tertiary/aromatic N) is 2. The molecule has 1 heterocycles. The van der Waals surface area contributed by atoms with Crippen LogP contribution in [0.5, 0.6) is 5.75 Å². The quantitative estimate of drug-likeness (QED) is 0.830. The first kappa shape index (κ1) is 18.4. The Hall–Kier alpha value is -2.96. The molecule has 4 rings (SSSR count). The number of likely N-dealkylation sites (N-methyl/N-ethyl adjacent to an activating group) is 1. The third-order valence-electron chi connectivity index (χ3n) is 5.30. The molecule has 2 aromatic carbocycles. The number of rotatable bonds is 6. The molecule has 2 aromatic rings. The molecule has 7 heteroatoms. The van der Waals surface area contributed by atoms with Crippen molar-refractivity contribution >= 4 is 11.9 Å². The molecule has 1 amide bonds. The highest BCUT2D eigenvalue weighted by atomic mass is 19.3. The van der Waals surface area contributed by atoms with Crippen LogP contribution in [0, 0.1) is 5.92 Å². The Labute approximate surface area is 161 Å². The van der Waals surface area contributed by atoms with Crippen LogP contribution in [-0.4, -0.2) is 30.4 Å². The molecule has 28 heavy (non-hydrogen) atoms. The van der Waals surface area contributed by atoms with Gasteiger partial charge in [0.15, 0.2) is 11.5 Å². The minimum atomic E-state index is -2.91. The van der Waals surface area contributed by atoms with E-state index in [0.717, 1.165) is 12.0 Å². The minimum absolute atomic E-state index is 0.0205. The number of benzene rings is 2. The number of amides is 1. The van der Waals surface area contributed by atoms with E-state index in [1.54, 1.807) is 19.2 Å². The van der Waals surface area contributed by atoms with Gasteiger partial charge in [-0.15, -0.1) is 0 Å². The minimum Gasteiger partial charge on any atom is -0.435 e. The van der Waals surface area contributed by atoms with Crippen molar-refractivity contribution < 1.29 is 18.3 Å². The van der Waals surface area contributed by atoms with Crippen LogP contribution in [0.15, 0.2) is 53.5 Å². The van der Waals surface area contributed by atoms with E-state index < -0.39 is 12.2 Å². The number of ether oxygens (including phenoxy) is 1. The average Bonchev–Trinajstić information content (AvgIpc) is 3.45. The number of halogens is 2. The predicted octanol–water partition coefficient (Wildman–Crippen LogP) is 3.27. The van der Waals surface area contributed by atoms with Crippen molar-refractivity contribution in [3.05, 3.63) is 65.2 Å². The topological polar surface area (TPSA) is 67.9 Å². The van der Waals surface area contributed by atoms with Gasteiger partial charge in [0.2, 0.25) is 0 Å². The molecule has 0 radical (unpaired) electrons. The van der Waals surface area contributed by atoms with Crippen LogP contribution in [0.4, 0.5) is 8.78 Å². The molecule has 1 aliphatic carbocycles. The first-order valence-electron chi connectivity index (χ1n) is 9.18. The third-order valence-corrected chi connectivity index (χ3v) is 5.30. The summed E-state index contributed by atoms with van der Waals surface area (Å²) < 4.78 is 29.3. The molecule has 0 aromatic heterocycles. The van der Waals surface area contributed by atoms with Crippen molar-refractivity contribution in [1.82, 2.24) is 4.90 Å². The van der Waals surface area contributed by atoms with Crippen LogP contribution >= 0.6 is 0 Å². The fraction of sp³-hybridized carbons (Fsp3) is 0.333. The maximum Gasteiger partial charge on any atom is 0.387 e. The third kappa shape index (κ3) is 3.21. The molecule has 2 N–H and O–H groups in total. The Morgan fingerprint density at radius 2 is 1.93 bits per heavy atom. The largest absolute Gasteiger partial charge is 0.435 e. The number of carbonyl (C=O) groups excluding carboxylic acids is 1. The van der Waals surface area contributed by atoms with Gasteiger partial charge < -0.3 is 10.5 Å². The van der Waals surface area contributed by atoms with Gasteiger partial charge in [0, 0.05) is 7.05 Å². The second kappa shape index (κ2) is 6.89. The number of hydrogen-bond acceptors (Lipinski definition) is 4. The van der Waals surface area contributed by atoms with E-state index in [2.05, 4.69) is 9.73 Å². The molecular weight excluding hydrogens is 364 g/mol. The van der Waals surface area contributed by atoms with E-state index in [1.165, 1.54) is 29.9 Å². The Morgan fingerprint density at radius 1 is 1.21 bits per heavy atom. The fourth-order valence-electron chi connectivity index (χ4n) is 3.64. The summed E-state index contributed by atoms with van der Waals surface area (Å²) in [6.45, 7) is -2.91. The van der Waals surface area contributed by atoms with Crippen LogP contribution in [0.2, 0.25) is 0 Å². The molecule has 1 unspecified atom stereocenters. The monoisotopic (exact) mass is 385 g/mol. The first-order valence-corrected chi connectivity index (χ1v) is 9.18. The molecule has 1 saturated carbocycles. The van der Waals surface area contributed by atoms with Crippen LogP contribution in [-0.2, 0) is 16.8 Å². The van der Waals surface area contributed by atoms with Crippen molar-refractivity contribution in [1.29, 1.82) is 0 Å². The lowest BCUT2D eigenvalue weighted by Gasteiger charge is -2.26. The predicted molar refractivity (Wildman–Crippen MR) is 101 cm³/mol. The summed E-state index contributed by atoms with van der Waals surface area (Å²) in [5.41, 5.74) is 7.05. The second-order valence-corrected chi connectivity index (χ2v) is 7.30. The molecule has 1 aliphatic heterocycles. The summed E-state index contributed by atoms with van der Waals surface area (Å²) in [5.74, 6) is 0.557. The number of nitrogens with two attached hydrogens (primary N) is 1. The van der Waals surface area contributed by atoms with E-state index in [4.69, 9.17) is 5.73 Å². The maximum absolute atomic E-state index is 13.2. The number of aliphatic imine (C=N–C) groups is 1. The van der Waals surface area contributed by atoms with Crippen molar-refractivity contribution in [3.63, 3.8) is 0 Å². The highest BCUT2D eigenvalue weighted by molar-refractivity contribution is 6.08. The van der Waals surface area contributed by atoms with E-state index in [9.17, 15) is 13.6 Å². The van der Waals surface area contributed by atoms with Crippen molar-refractivity contribution in [2.24, 2.45) is 16.6 Å². The second-order valence-electron chi connectivity index (χ2n) is 7.30. The fourth-order valence-corrected chi connectivity index (χ4v) is 3.64. The molecule has 5 nitrogen and oxygen atoms in total. The number of alkyl halides is 2. The molecule has 1 fully saturated rings. The number of guanidine groups is 1. The van der Waals surface area contributed by atoms with Gasteiger partial charge in [-0.2, -0.15) is 8.78 Å². The zero-order valence-electron chi connectivity index (χ0n) is 15.4. The summed E-state index contributed by atoms with van der Waals surface area (Å²) >= 11 is 0. The van der Waals surface area contributed by atoms with Crippen LogP contribution < -0.4 is 10.5 Å². The van der Waals surface area contributed by atoms with E-state index >= 15 is 0 Å². The first-order chi connectivity index (χ1) is 13.4. The van der Waals surface area contributed by atoms with Crippen LogP contribution in [0.3, 0.4) is 0 Å². The van der Waals surface area contributed by atoms with E-state index in [1.807, 2.05) is 24.3 Å². The van der Waals surface area contributed by atoms with Crippen LogP contribution in [0.25, 0.3) is 0 Å². The average molecular weight is 385 g/mol. The highest BCUT2D eigenvalue weighted by Gasteiger charge is 2.49. The van der Waals surface area contributed by atoms with Gasteiger partial charge >= 0.3 is 6.61 Å². The van der Waals surface area contributed by atoms with Gasteiger partial charge in [0.1, 0.15) is 5.75 Å². The Morgan fingerprint density at radius 3 is 2.50 bits per heavy atom. The Bertz CT molecular complexity index is 926. The highest BCUT2D eigenvalue weighted by Crippen LogP contribution is 2.41. The Balaban J connectivity index is 1.79. The summed E-state index contributed by atoms with van der Waals surface area (Å²) in [6, 6.07) is 13.8. The lowest BCUT2D eigenvalue weighted by molar-refractivity contribution is -0.129. The molecule has 146 valence electrons. The SMILES string of the molecule is CN1C(=O)C(c2ccc(OC(F)F)cc2)(c2cccc(CC3CC3)c2)N=C1N. The molecule has 0 saturated heterocycles. The lowest BCUT2D eigenvalue weighted by atomic mass is 9.82. The van der Waals surface area contributed by atoms with E-state index in [0.29, 0.717) is 17.0 Å². The summed E-state index contributed by atoms with van der Waals surface area (Å²) in [4.78, 5) is 19.1. The van der Waals surface area contributed by atoms with Crippen molar-refractivity contribution in [2.75, 3.05) is 7.05 Å². The maximum atomic E-state index is 13.2. The van der Waals surface area contributed by atoms with Gasteiger partial charge in [0.05, 0.1) is 0 Å². The standard InChI is InChI=1S/C21H21F2N3O2/c1-26-18(27)21(25-20(26)24,15-7-9-17(10-8-15)28-19(22)23)16-4-2-3-14(12-16)11-13-5-6-13/h2-4,7-10,12-13,19H,5-6,11H2,1H3,(H2,24,25).